The summed E-state index contributed by atoms with van der Waals surface area (Å²) in [5, 5.41) is 3.58. The van der Waals surface area contributed by atoms with E-state index in [1.54, 1.807) is 0 Å². The normalized spacial score (nSPS) is 17.6. The molecule has 1 aliphatic carbocycles. The van der Waals surface area contributed by atoms with Gasteiger partial charge in [0.25, 0.3) is 0 Å². The summed E-state index contributed by atoms with van der Waals surface area (Å²) in [5.74, 6) is 2.75. The maximum Gasteiger partial charge on any atom is 0.118 e. The van der Waals surface area contributed by atoms with Gasteiger partial charge in [-0.05, 0) is 51.4 Å². The van der Waals surface area contributed by atoms with Gasteiger partial charge in [0.1, 0.15) is 11.5 Å². The highest BCUT2D eigenvalue weighted by Gasteiger charge is 2.21. The van der Waals surface area contributed by atoms with Crippen molar-refractivity contribution in [3.63, 3.8) is 0 Å². The summed E-state index contributed by atoms with van der Waals surface area (Å²) in [6.45, 7) is 7.44. The van der Waals surface area contributed by atoms with Crippen LogP contribution in [0.2, 0.25) is 0 Å². The molecule has 0 aromatic carbocycles. The predicted molar refractivity (Wildman–Crippen MR) is 70.0 cm³/mol. The monoisotopic (exact) mass is 236 g/mol. The lowest BCUT2D eigenvalue weighted by Crippen LogP contribution is -2.31. The number of nitrogens with zero attached hydrogens (tertiary/aromatic N) is 1. The lowest BCUT2D eigenvalue weighted by molar-refractivity contribution is 0.252. The van der Waals surface area contributed by atoms with Crippen molar-refractivity contribution in [1.82, 2.24) is 10.2 Å². The number of hydrogen-bond acceptors (Lipinski definition) is 3. The Morgan fingerprint density at radius 1 is 1.47 bits per heavy atom. The number of furan rings is 1. The Kier molecular flexibility index (Phi) is 4.24. The Hall–Kier alpha value is -0.800. The fourth-order valence-electron chi connectivity index (χ4n) is 2.15. The van der Waals surface area contributed by atoms with E-state index in [9.17, 15) is 0 Å². The Morgan fingerprint density at radius 2 is 2.24 bits per heavy atom. The summed E-state index contributed by atoms with van der Waals surface area (Å²) >= 11 is 0. The van der Waals surface area contributed by atoms with Gasteiger partial charge in [-0.15, -0.1) is 0 Å². The predicted octanol–water partition coefficient (Wildman–Crippen LogP) is 2.41. The van der Waals surface area contributed by atoms with Gasteiger partial charge in [-0.1, -0.05) is 6.92 Å². The first-order chi connectivity index (χ1) is 8.13. The number of aryl methyl sites for hydroxylation is 1. The van der Waals surface area contributed by atoms with Crippen molar-refractivity contribution in [1.29, 1.82) is 0 Å². The van der Waals surface area contributed by atoms with Crippen molar-refractivity contribution in [3.8, 4) is 0 Å². The molecule has 3 heteroatoms. The molecule has 0 amide bonds. The second-order valence-electron chi connectivity index (χ2n) is 5.50. The lowest BCUT2D eigenvalue weighted by Gasteiger charge is -2.20. The Balaban J connectivity index is 1.66. The van der Waals surface area contributed by atoms with Crippen LogP contribution in [-0.4, -0.2) is 31.1 Å². The van der Waals surface area contributed by atoms with E-state index in [1.165, 1.54) is 12.8 Å². The van der Waals surface area contributed by atoms with Crippen molar-refractivity contribution in [2.75, 3.05) is 20.1 Å². The van der Waals surface area contributed by atoms with Gasteiger partial charge in [0.15, 0.2) is 0 Å². The van der Waals surface area contributed by atoms with Crippen LogP contribution in [0.4, 0.5) is 0 Å². The molecule has 17 heavy (non-hydrogen) atoms. The van der Waals surface area contributed by atoms with Crippen LogP contribution in [-0.2, 0) is 6.54 Å². The first kappa shape index (κ1) is 12.7. The van der Waals surface area contributed by atoms with E-state index >= 15 is 0 Å². The van der Waals surface area contributed by atoms with Crippen LogP contribution in [0.1, 0.15) is 31.3 Å². The van der Waals surface area contributed by atoms with E-state index in [0.717, 1.165) is 37.2 Å². The van der Waals surface area contributed by atoms with Gasteiger partial charge in [0.2, 0.25) is 0 Å². The molecule has 0 spiro atoms. The third-order valence-corrected chi connectivity index (χ3v) is 3.18. The maximum atomic E-state index is 5.59. The molecule has 1 heterocycles. The third kappa shape index (κ3) is 4.52. The highest BCUT2D eigenvalue weighted by molar-refractivity contribution is 5.05. The van der Waals surface area contributed by atoms with Crippen LogP contribution in [0.5, 0.6) is 0 Å². The van der Waals surface area contributed by atoms with Crippen molar-refractivity contribution in [3.05, 3.63) is 23.7 Å². The second kappa shape index (κ2) is 5.69. The first-order valence-electron chi connectivity index (χ1n) is 6.60. The van der Waals surface area contributed by atoms with E-state index in [4.69, 9.17) is 4.42 Å². The summed E-state index contributed by atoms with van der Waals surface area (Å²) in [6.07, 6.45) is 2.74. The van der Waals surface area contributed by atoms with Gasteiger partial charge in [0, 0.05) is 12.6 Å². The summed E-state index contributed by atoms with van der Waals surface area (Å²) in [5.41, 5.74) is 0. The number of hydrogen-bond donors (Lipinski definition) is 1. The molecule has 1 unspecified atom stereocenters. The van der Waals surface area contributed by atoms with E-state index in [1.807, 2.05) is 13.0 Å². The van der Waals surface area contributed by atoms with Gasteiger partial charge >= 0.3 is 0 Å². The van der Waals surface area contributed by atoms with Crippen LogP contribution in [0.25, 0.3) is 0 Å². The second-order valence-corrected chi connectivity index (χ2v) is 5.50. The summed E-state index contributed by atoms with van der Waals surface area (Å²) < 4.78 is 5.59. The van der Waals surface area contributed by atoms with E-state index in [-0.39, 0.29) is 0 Å². The van der Waals surface area contributed by atoms with Gasteiger partial charge in [-0.2, -0.15) is 0 Å². The maximum absolute atomic E-state index is 5.59. The molecule has 0 aliphatic heterocycles. The molecule has 1 atom stereocenters. The zero-order valence-corrected chi connectivity index (χ0v) is 11.2. The largest absolute Gasteiger partial charge is 0.465 e. The average Bonchev–Trinajstić information content (AvgIpc) is 3.00. The Bertz CT molecular complexity index is 344. The number of rotatable bonds is 7. The molecule has 0 bridgehead atoms. The fourth-order valence-corrected chi connectivity index (χ4v) is 2.15. The van der Waals surface area contributed by atoms with Crippen LogP contribution in [0.3, 0.4) is 0 Å². The van der Waals surface area contributed by atoms with E-state index < -0.39 is 0 Å². The first-order valence-corrected chi connectivity index (χ1v) is 6.60. The molecule has 0 radical (unpaired) electrons. The zero-order valence-electron chi connectivity index (χ0n) is 11.2. The third-order valence-electron chi connectivity index (χ3n) is 3.18. The standard InChI is InChI=1S/C14H24N2O/c1-11(8-15-13-5-6-13)9-16(3)10-14-7-4-12(2)17-14/h4,7,11,13,15H,5-6,8-10H2,1-3H3. The molecular weight excluding hydrogens is 212 g/mol. The SMILES string of the molecule is Cc1ccc(CN(C)CC(C)CNC2CC2)o1. The smallest absolute Gasteiger partial charge is 0.118 e. The molecule has 1 aromatic heterocycles. The lowest BCUT2D eigenvalue weighted by atomic mass is 10.1. The molecule has 1 aromatic rings. The molecule has 1 N–H and O–H groups in total. The Labute approximate surface area is 104 Å². The number of nitrogens with one attached hydrogen (secondary N) is 1. The molecule has 1 fully saturated rings. The molecule has 3 nitrogen and oxygen atoms in total. The minimum atomic E-state index is 0.691. The molecule has 96 valence electrons. The summed E-state index contributed by atoms with van der Waals surface area (Å²) in [6, 6.07) is 4.91. The topological polar surface area (TPSA) is 28.4 Å². The minimum absolute atomic E-state index is 0.691. The molecule has 2 rings (SSSR count). The highest BCUT2D eigenvalue weighted by atomic mass is 16.3. The van der Waals surface area contributed by atoms with Crippen LogP contribution in [0.15, 0.2) is 16.5 Å². The Morgan fingerprint density at radius 3 is 2.82 bits per heavy atom. The van der Waals surface area contributed by atoms with Crippen molar-refractivity contribution >= 4 is 0 Å². The minimum Gasteiger partial charge on any atom is -0.465 e. The molecule has 1 aliphatic rings. The van der Waals surface area contributed by atoms with Gasteiger partial charge < -0.3 is 9.73 Å². The zero-order chi connectivity index (χ0) is 12.3. The summed E-state index contributed by atoms with van der Waals surface area (Å²) in [7, 11) is 2.16. The quantitative estimate of drug-likeness (QED) is 0.788. The van der Waals surface area contributed by atoms with Gasteiger partial charge in [-0.3, -0.25) is 4.90 Å². The van der Waals surface area contributed by atoms with Gasteiger partial charge in [-0.25, -0.2) is 0 Å². The molecule has 0 saturated heterocycles. The van der Waals surface area contributed by atoms with Crippen LogP contribution in [0, 0.1) is 12.8 Å². The molecule has 1 saturated carbocycles. The van der Waals surface area contributed by atoms with Crippen LogP contribution < -0.4 is 5.32 Å². The summed E-state index contributed by atoms with van der Waals surface area (Å²) in [4.78, 5) is 2.33. The highest BCUT2D eigenvalue weighted by Crippen LogP contribution is 2.18. The van der Waals surface area contributed by atoms with Crippen molar-refractivity contribution in [2.24, 2.45) is 5.92 Å². The molecular formula is C14H24N2O. The van der Waals surface area contributed by atoms with Gasteiger partial charge in [0.05, 0.1) is 6.54 Å². The van der Waals surface area contributed by atoms with Crippen LogP contribution >= 0.6 is 0 Å². The van der Waals surface area contributed by atoms with Crippen molar-refractivity contribution < 1.29 is 4.42 Å². The average molecular weight is 236 g/mol. The van der Waals surface area contributed by atoms with E-state index in [0.29, 0.717) is 5.92 Å². The van der Waals surface area contributed by atoms with Crippen molar-refractivity contribution in [2.45, 2.75) is 39.3 Å². The van der Waals surface area contributed by atoms with E-state index in [2.05, 4.69) is 30.3 Å². The fraction of sp³-hybridized carbons (Fsp3) is 0.714.